The molecule has 3 saturated heterocycles. The molecule has 3 aliphatic rings. The molecule has 168 valence electrons. The number of aromatic nitrogens is 1. The van der Waals surface area contributed by atoms with Crippen LogP contribution in [0.15, 0.2) is 22.6 Å². The van der Waals surface area contributed by atoms with Crippen LogP contribution in [0.5, 0.6) is 0 Å². The molecule has 3 atom stereocenters. The van der Waals surface area contributed by atoms with Gasteiger partial charge in [-0.3, -0.25) is 4.79 Å². The number of benzene rings is 1. The predicted molar refractivity (Wildman–Crippen MR) is 121 cm³/mol. The molecule has 3 fully saturated rings. The van der Waals surface area contributed by atoms with Gasteiger partial charge < -0.3 is 24.3 Å². The fourth-order valence-electron chi connectivity index (χ4n) is 5.72. The number of amides is 1. The summed E-state index contributed by atoms with van der Waals surface area (Å²) in [4.78, 5) is 22.7. The molecule has 3 aliphatic heterocycles. The zero-order valence-corrected chi connectivity index (χ0v) is 18.7. The molecule has 1 aromatic heterocycles. The number of hydrogen-bond acceptors (Lipinski definition) is 6. The Labute approximate surface area is 184 Å². The average Bonchev–Trinajstić information content (AvgIpc) is 3.19. The number of hydrogen-bond donors (Lipinski definition) is 1. The van der Waals surface area contributed by atoms with Crippen LogP contribution in [0.1, 0.15) is 62.2 Å². The van der Waals surface area contributed by atoms with Crippen molar-refractivity contribution in [3.63, 3.8) is 0 Å². The summed E-state index contributed by atoms with van der Waals surface area (Å²) < 4.78 is 11.8. The minimum atomic E-state index is -0.0369. The molecule has 1 amide bonds. The lowest BCUT2D eigenvalue weighted by Gasteiger charge is -2.47. The van der Waals surface area contributed by atoms with Gasteiger partial charge in [0.1, 0.15) is 5.52 Å². The third-order valence-corrected chi connectivity index (χ3v) is 7.42. The summed E-state index contributed by atoms with van der Waals surface area (Å²) >= 11 is 0. The van der Waals surface area contributed by atoms with E-state index in [2.05, 4.69) is 29.1 Å². The Hall–Kier alpha value is -2.12. The highest BCUT2D eigenvalue weighted by molar-refractivity contribution is 6.04. The van der Waals surface area contributed by atoms with Crippen LogP contribution >= 0.6 is 0 Å². The molecule has 31 heavy (non-hydrogen) atoms. The van der Waals surface area contributed by atoms with Crippen molar-refractivity contribution in [2.24, 2.45) is 0 Å². The van der Waals surface area contributed by atoms with Gasteiger partial charge in [0.2, 0.25) is 0 Å². The largest absolute Gasteiger partial charge is 0.423 e. The Morgan fingerprint density at radius 1 is 1.26 bits per heavy atom. The lowest BCUT2D eigenvalue weighted by Crippen LogP contribution is -2.55. The monoisotopic (exact) mass is 426 g/mol. The molecule has 5 rings (SSSR count). The molecule has 0 spiro atoms. The Bertz CT molecular complexity index is 913. The minimum absolute atomic E-state index is 0.0369. The van der Waals surface area contributed by atoms with Crippen molar-refractivity contribution in [1.29, 1.82) is 0 Å². The third kappa shape index (κ3) is 4.05. The first kappa shape index (κ1) is 20.8. The van der Waals surface area contributed by atoms with Crippen molar-refractivity contribution < 1.29 is 13.9 Å². The van der Waals surface area contributed by atoms with Gasteiger partial charge in [0.25, 0.3) is 11.9 Å². The van der Waals surface area contributed by atoms with E-state index < -0.39 is 0 Å². The Morgan fingerprint density at radius 3 is 2.84 bits per heavy atom. The normalized spacial score (nSPS) is 29.3. The number of carbonyl (C=O) groups excluding carboxylic acids is 1. The summed E-state index contributed by atoms with van der Waals surface area (Å²) in [6.07, 6.45) is 7.96. The minimum Gasteiger partial charge on any atom is -0.423 e. The topological polar surface area (TPSA) is 70.8 Å². The second-order valence-electron chi connectivity index (χ2n) is 9.41. The quantitative estimate of drug-likeness (QED) is 0.788. The molecule has 1 N–H and O–H groups in total. The maximum absolute atomic E-state index is 13.2. The van der Waals surface area contributed by atoms with Crippen LogP contribution in [0.2, 0.25) is 0 Å². The van der Waals surface area contributed by atoms with E-state index in [4.69, 9.17) is 14.1 Å². The highest BCUT2D eigenvalue weighted by atomic mass is 16.5. The fraction of sp³-hybridized carbons (Fsp3) is 0.667. The molecular weight excluding hydrogens is 392 g/mol. The van der Waals surface area contributed by atoms with Crippen LogP contribution in [0.3, 0.4) is 0 Å². The van der Waals surface area contributed by atoms with Gasteiger partial charge in [0, 0.05) is 24.7 Å². The number of nitrogens with one attached hydrogen (secondary N) is 1. The second kappa shape index (κ2) is 8.79. The summed E-state index contributed by atoms with van der Waals surface area (Å²) in [5, 5.41) is 3.31. The van der Waals surface area contributed by atoms with E-state index in [0.29, 0.717) is 48.0 Å². The number of oxazole rings is 1. The van der Waals surface area contributed by atoms with Crippen LogP contribution < -0.4 is 10.2 Å². The molecule has 4 heterocycles. The SMILES string of the molecule is CCC[C@H]1COCCN1c1nc2c(C(=O)NC3C[C@H]4CCC[C@H](C3)N4C)cccc2o1. The van der Waals surface area contributed by atoms with E-state index in [1.165, 1.54) is 19.3 Å². The van der Waals surface area contributed by atoms with Crippen molar-refractivity contribution in [2.45, 2.75) is 76.0 Å². The van der Waals surface area contributed by atoms with Crippen molar-refractivity contribution >= 4 is 23.0 Å². The predicted octanol–water partition coefficient (Wildman–Crippen LogP) is 3.58. The Morgan fingerprint density at radius 2 is 2.06 bits per heavy atom. The standard InChI is InChI=1S/C24H34N4O3/c1-3-6-19-15-30-12-11-28(19)24-26-22-20(9-5-10-21(22)31-24)23(29)25-16-13-17-7-4-8-18(14-16)27(17)2/h5,9-10,16-19H,3-4,6-8,11-15H2,1-2H3,(H,25,29)/t17-,18-,19+/m1/s1. The van der Waals surface area contributed by atoms with Gasteiger partial charge in [-0.2, -0.15) is 4.98 Å². The van der Waals surface area contributed by atoms with Crippen LogP contribution in [0.4, 0.5) is 6.01 Å². The number of para-hydroxylation sites is 1. The van der Waals surface area contributed by atoms with Gasteiger partial charge in [0.05, 0.1) is 24.8 Å². The average molecular weight is 427 g/mol. The number of ether oxygens (including phenoxy) is 1. The number of fused-ring (bicyclic) bond motifs is 3. The van der Waals surface area contributed by atoms with Gasteiger partial charge in [-0.1, -0.05) is 25.8 Å². The molecule has 0 aliphatic carbocycles. The van der Waals surface area contributed by atoms with Gasteiger partial charge in [0.15, 0.2) is 5.58 Å². The van der Waals surface area contributed by atoms with Gasteiger partial charge in [-0.25, -0.2) is 0 Å². The fourth-order valence-corrected chi connectivity index (χ4v) is 5.72. The summed E-state index contributed by atoms with van der Waals surface area (Å²) in [5.41, 5.74) is 1.94. The Balaban J connectivity index is 1.36. The second-order valence-corrected chi connectivity index (χ2v) is 9.41. The number of anilines is 1. The molecule has 1 aromatic carbocycles. The van der Waals surface area contributed by atoms with Crippen molar-refractivity contribution in [3.05, 3.63) is 23.8 Å². The lowest BCUT2D eigenvalue weighted by molar-refractivity contribution is 0.0463. The third-order valence-electron chi connectivity index (χ3n) is 7.42. The van der Waals surface area contributed by atoms with E-state index in [9.17, 15) is 4.79 Å². The maximum Gasteiger partial charge on any atom is 0.298 e. The highest BCUT2D eigenvalue weighted by Gasteiger charge is 2.36. The summed E-state index contributed by atoms with van der Waals surface area (Å²) in [5.74, 6) is -0.0369. The zero-order chi connectivity index (χ0) is 21.4. The van der Waals surface area contributed by atoms with E-state index in [1.807, 2.05) is 18.2 Å². The first-order valence-electron chi connectivity index (χ1n) is 11.9. The van der Waals surface area contributed by atoms with Crippen LogP contribution in [-0.4, -0.2) is 66.8 Å². The molecular formula is C24H34N4O3. The molecule has 0 unspecified atom stereocenters. The van der Waals surface area contributed by atoms with Crippen molar-refractivity contribution in [3.8, 4) is 0 Å². The summed E-state index contributed by atoms with van der Waals surface area (Å²) in [6.45, 7) is 4.30. The number of nitrogens with zero attached hydrogens (tertiary/aromatic N) is 3. The molecule has 7 nitrogen and oxygen atoms in total. The molecule has 0 radical (unpaired) electrons. The number of carbonyl (C=O) groups is 1. The van der Waals surface area contributed by atoms with Crippen molar-refractivity contribution in [1.82, 2.24) is 15.2 Å². The van der Waals surface area contributed by atoms with Gasteiger partial charge in [-0.15, -0.1) is 0 Å². The van der Waals surface area contributed by atoms with Crippen molar-refractivity contribution in [2.75, 3.05) is 31.7 Å². The van der Waals surface area contributed by atoms with Crippen LogP contribution in [0.25, 0.3) is 11.1 Å². The van der Waals surface area contributed by atoms with E-state index in [1.54, 1.807) is 0 Å². The first-order valence-corrected chi connectivity index (χ1v) is 11.9. The Kier molecular flexibility index (Phi) is 5.89. The van der Waals surface area contributed by atoms with Gasteiger partial charge >= 0.3 is 0 Å². The number of rotatable bonds is 5. The summed E-state index contributed by atoms with van der Waals surface area (Å²) in [7, 11) is 2.24. The maximum atomic E-state index is 13.2. The molecule has 2 bridgehead atoms. The van der Waals surface area contributed by atoms with E-state index in [-0.39, 0.29) is 18.0 Å². The zero-order valence-electron chi connectivity index (χ0n) is 18.7. The number of morpholine rings is 1. The van der Waals surface area contributed by atoms with E-state index in [0.717, 1.165) is 32.2 Å². The number of piperidine rings is 2. The van der Waals surface area contributed by atoms with Gasteiger partial charge in [-0.05, 0) is 51.3 Å². The molecule has 0 saturated carbocycles. The lowest BCUT2D eigenvalue weighted by atomic mass is 9.82. The first-order chi connectivity index (χ1) is 15.1. The molecule has 7 heteroatoms. The van der Waals surface area contributed by atoms with E-state index >= 15 is 0 Å². The van der Waals surface area contributed by atoms with Crippen LogP contribution in [0, 0.1) is 0 Å². The van der Waals surface area contributed by atoms with Crippen LogP contribution in [-0.2, 0) is 4.74 Å². The highest BCUT2D eigenvalue weighted by Crippen LogP contribution is 2.33. The smallest absolute Gasteiger partial charge is 0.298 e. The molecule has 2 aromatic rings. The summed E-state index contributed by atoms with van der Waals surface area (Å²) in [6, 6.07) is 7.93.